The lowest BCUT2D eigenvalue weighted by Gasteiger charge is -2.32. The number of fused-ring (bicyclic) bond motifs is 1. The molecule has 0 atom stereocenters. The van der Waals surface area contributed by atoms with Crippen LogP contribution in [-0.4, -0.2) is 37.7 Å². The average Bonchev–Trinajstić information content (AvgIpc) is 3.27. The molecule has 0 fully saturated rings. The van der Waals surface area contributed by atoms with Crippen molar-refractivity contribution in [3.05, 3.63) is 65.8 Å². The first-order valence-electron chi connectivity index (χ1n) is 10.7. The van der Waals surface area contributed by atoms with Crippen LogP contribution in [-0.2, 0) is 13.0 Å². The molecule has 0 radical (unpaired) electrons. The molecule has 2 N–H and O–H groups in total. The molecule has 0 spiro atoms. The summed E-state index contributed by atoms with van der Waals surface area (Å²) < 4.78 is 30.3. The number of halogens is 2. The molecule has 0 saturated carbocycles. The van der Waals surface area contributed by atoms with E-state index in [4.69, 9.17) is 20.8 Å². The standard InChI is InChI=1S/C24H28F2N6/c1-14(2)28-23(24(4,5)27)32-15(3)8-11-19(30-32)22-21(29-20-7-6-12-31(20)22)17-10-9-16(25)13-18(17)26/h8-11,13-14H,3,6-7,12,27H2,1-2,4-5H3/b28-23-. The number of imidazole rings is 1. The smallest absolute Gasteiger partial charge is 0.145 e. The Labute approximate surface area is 186 Å². The molecular weight excluding hydrogens is 410 g/mol. The first kappa shape index (κ1) is 22.1. The number of rotatable bonds is 4. The molecule has 0 bridgehead atoms. The van der Waals surface area contributed by atoms with Crippen LogP contribution < -0.4 is 5.73 Å². The predicted molar refractivity (Wildman–Crippen MR) is 123 cm³/mol. The van der Waals surface area contributed by atoms with E-state index in [2.05, 4.69) is 11.1 Å². The lowest BCUT2D eigenvalue weighted by molar-refractivity contribution is 0.493. The first-order valence-corrected chi connectivity index (χ1v) is 10.7. The Balaban J connectivity index is 1.89. The number of allylic oxidation sites excluding steroid dienone is 2. The van der Waals surface area contributed by atoms with Crippen LogP contribution in [0.4, 0.5) is 8.78 Å². The van der Waals surface area contributed by atoms with Gasteiger partial charge in [0.05, 0.1) is 16.9 Å². The molecule has 2 aromatic rings. The Morgan fingerprint density at radius 3 is 2.66 bits per heavy atom. The van der Waals surface area contributed by atoms with Crippen molar-refractivity contribution in [2.24, 2.45) is 15.8 Å². The van der Waals surface area contributed by atoms with Crippen LogP contribution in [0.5, 0.6) is 0 Å². The molecule has 4 rings (SSSR count). The second kappa shape index (κ2) is 8.09. The van der Waals surface area contributed by atoms with Gasteiger partial charge in [0.15, 0.2) is 0 Å². The topological polar surface area (TPSA) is 71.8 Å². The van der Waals surface area contributed by atoms with Crippen molar-refractivity contribution in [2.75, 3.05) is 0 Å². The van der Waals surface area contributed by atoms with E-state index in [1.807, 2.05) is 39.8 Å². The van der Waals surface area contributed by atoms with Gasteiger partial charge in [0, 0.05) is 30.6 Å². The van der Waals surface area contributed by atoms with Gasteiger partial charge in [-0.05, 0) is 58.4 Å². The number of amidine groups is 1. The SMILES string of the molecule is C=C1C=CC(c2c(-c3ccc(F)cc3F)nc3n2CCC3)=NN1/C(=N\C(C)C)C(C)(C)N. The van der Waals surface area contributed by atoms with Crippen LogP contribution in [0.25, 0.3) is 11.3 Å². The molecule has 2 aliphatic rings. The third kappa shape index (κ3) is 4.02. The monoisotopic (exact) mass is 438 g/mol. The summed E-state index contributed by atoms with van der Waals surface area (Å²) in [4.78, 5) is 9.41. The molecular formula is C24H28F2N6. The van der Waals surface area contributed by atoms with Crippen LogP contribution in [0, 0.1) is 11.6 Å². The molecule has 2 aliphatic heterocycles. The van der Waals surface area contributed by atoms with E-state index in [1.165, 1.54) is 12.1 Å². The molecule has 3 heterocycles. The lowest BCUT2D eigenvalue weighted by atomic mass is 10.0. The van der Waals surface area contributed by atoms with E-state index >= 15 is 0 Å². The summed E-state index contributed by atoms with van der Waals surface area (Å²) in [7, 11) is 0. The predicted octanol–water partition coefficient (Wildman–Crippen LogP) is 4.41. The number of hydrazone groups is 1. The number of hydrogen-bond donors (Lipinski definition) is 1. The summed E-state index contributed by atoms with van der Waals surface area (Å²) in [6.07, 6.45) is 5.41. The molecule has 0 aliphatic carbocycles. The highest BCUT2D eigenvalue weighted by Gasteiger charge is 2.32. The van der Waals surface area contributed by atoms with Gasteiger partial charge >= 0.3 is 0 Å². The molecule has 32 heavy (non-hydrogen) atoms. The average molecular weight is 439 g/mol. The highest BCUT2D eigenvalue weighted by Crippen LogP contribution is 2.32. The maximum Gasteiger partial charge on any atom is 0.145 e. The number of aromatic nitrogens is 2. The van der Waals surface area contributed by atoms with E-state index in [0.717, 1.165) is 31.3 Å². The Kier molecular flexibility index (Phi) is 5.58. The quantitative estimate of drug-likeness (QED) is 0.568. The van der Waals surface area contributed by atoms with E-state index in [0.29, 0.717) is 28.6 Å². The van der Waals surface area contributed by atoms with E-state index < -0.39 is 17.2 Å². The Bertz CT molecular complexity index is 1160. The van der Waals surface area contributed by atoms with Gasteiger partial charge in [0.1, 0.15) is 34.7 Å². The first-order chi connectivity index (χ1) is 15.1. The van der Waals surface area contributed by atoms with Crippen molar-refractivity contribution < 1.29 is 8.78 Å². The van der Waals surface area contributed by atoms with Gasteiger partial charge in [0.25, 0.3) is 0 Å². The normalized spacial score (nSPS) is 16.8. The minimum Gasteiger partial charge on any atom is -0.326 e. The number of aliphatic imine (C=N–C) groups is 1. The Hall–Kier alpha value is -3.13. The van der Waals surface area contributed by atoms with Crippen molar-refractivity contribution in [3.8, 4) is 11.3 Å². The molecule has 6 nitrogen and oxygen atoms in total. The van der Waals surface area contributed by atoms with Gasteiger partial charge in [0.2, 0.25) is 0 Å². The second-order valence-corrected chi connectivity index (χ2v) is 8.99. The third-order valence-electron chi connectivity index (χ3n) is 5.33. The second-order valence-electron chi connectivity index (χ2n) is 8.99. The minimum absolute atomic E-state index is 0.00765. The maximum atomic E-state index is 14.7. The maximum absolute atomic E-state index is 14.7. The number of nitrogens with two attached hydrogens (primary N) is 1. The number of hydrogen-bond acceptors (Lipinski definition) is 4. The zero-order valence-corrected chi connectivity index (χ0v) is 18.9. The van der Waals surface area contributed by atoms with Gasteiger partial charge in [-0.2, -0.15) is 5.10 Å². The highest BCUT2D eigenvalue weighted by molar-refractivity contribution is 6.13. The third-order valence-corrected chi connectivity index (χ3v) is 5.33. The van der Waals surface area contributed by atoms with Crippen LogP contribution in [0.1, 0.15) is 45.6 Å². The minimum atomic E-state index is -0.766. The summed E-state index contributed by atoms with van der Waals surface area (Å²) >= 11 is 0. The number of aryl methyl sites for hydroxylation is 1. The van der Waals surface area contributed by atoms with Gasteiger partial charge in [-0.3, -0.25) is 4.99 Å². The van der Waals surface area contributed by atoms with E-state index in [9.17, 15) is 8.78 Å². The van der Waals surface area contributed by atoms with Crippen LogP contribution >= 0.6 is 0 Å². The van der Waals surface area contributed by atoms with Gasteiger partial charge in [-0.1, -0.05) is 6.58 Å². The molecule has 1 aromatic heterocycles. The summed E-state index contributed by atoms with van der Waals surface area (Å²) in [6.45, 7) is 12.5. The van der Waals surface area contributed by atoms with Crippen molar-refractivity contribution in [2.45, 2.75) is 58.7 Å². The molecule has 0 saturated heterocycles. The largest absolute Gasteiger partial charge is 0.326 e. The van der Waals surface area contributed by atoms with Crippen LogP contribution in [0.2, 0.25) is 0 Å². The highest BCUT2D eigenvalue weighted by atomic mass is 19.1. The summed E-state index contributed by atoms with van der Waals surface area (Å²) in [5.74, 6) is 0.155. The van der Waals surface area contributed by atoms with Gasteiger partial charge in [-0.15, -0.1) is 0 Å². The fourth-order valence-electron chi connectivity index (χ4n) is 3.95. The van der Waals surface area contributed by atoms with Gasteiger partial charge in [-0.25, -0.2) is 18.8 Å². The molecule has 8 heteroatoms. The molecule has 0 unspecified atom stereocenters. The van der Waals surface area contributed by atoms with Crippen LogP contribution in [0.3, 0.4) is 0 Å². The Morgan fingerprint density at radius 1 is 1.25 bits per heavy atom. The zero-order valence-electron chi connectivity index (χ0n) is 18.9. The van der Waals surface area contributed by atoms with Crippen molar-refractivity contribution >= 4 is 11.5 Å². The molecule has 1 aromatic carbocycles. The van der Waals surface area contributed by atoms with Crippen molar-refractivity contribution in [1.82, 2.24) is 14.6 Å². The summed E-state index contributed by atoms with van der Waals surface area (Å²) in [6, 6.07) is 3.54. The van der Waals surface area contributed by atoms with Crippen molar-refractivity contribution in [3.63, 3.8) is 0 Å². The number of nitrogens with zero attached hydrogens (tertiary/aromatic N) is 5. The van der Waals surface area contributed by atoms with Crippen LogP contribution in [0.15, 0.2) is 52.7 Å². The Morgan fingerprint density at radius 2 is 2.00 bits per heavy atom. The molecule has 0 amide bonds. The molecule has 168 valence electrons. The van der Waals surface area contributed by atoms with E-state index in [-0.39, 0.29) is 11.6 Å². The van der Waals surface area contributed by atoms with Gasteiger partial charge < -0.3 is 10.3 Å². The number of benzene rings is 1. The van der Waals surface area contributed by atoms with Crippen molar-refractivity contribution in [1.29, 1.82) is 0 Å². The summed E-state index contributed by atoms with van der Waals surface area (Å²) in [5.41, 5.74) is 8.26. The zero-order chi connectivity index (χ0) is 23.2. The van der Waals surface area contributed by atoms with E-state index in [1.54, 1.807) is 5.01 Å². The lowest BCUT2D eigenvalue weighted by Crippen LogP contribution is -2.50. The fourth-order valence-corrected chi connectivity index (χ4v) is 3.95. The summed E-state index contributed by atoms with van der Waals surface area (Å²) in [5, 5.41) is 6.48. The fraction of sp³-hybridized carbons (Fsp3) is 0.375.